The smallest absolute Gasteiger partial charge is 0.219 e. The molecule has 1 heterocycles. The lowest BCUT2D eigenvalue weighted by molar-refractivity contribution is -0.135. The van der Waals surface area contributed by atoms with E-state index in [4.69, 9.17) is 0 Å². The monoisotopic (exact) mass is 237 g/mol. The molecule has 0 bridgehead atoms. The molecule has 2 fully saturated rings. The van der Waals surface area contributed by atoms with Gasteiger partial charge in [0, 0.05) is 31.8 Å². The Hall–Kier alpha value is -0.860. The molecule has 96 valence electrons. The second kappa shape index (κ2) is 5.65. The van der Waals surface area contributed by atoms with Crippen molar-refractivity contribution in [3.63, 3.8) is 0 Å². The average Bonchev–Trinajstić information content (AvgIpc) is 2.39. The molecular weight excluding hydrogens is 214 g/mol. The number of rotatable bonds is 2. The SMILES string of the molecule is CC(=O)N1CCCC(C(=O)C2CCCCC2)C1. The molecule has 3 heteroatoms. The molecule has 0 aromatic heterocycles. The molecule has 1 atom stereocenters. The Morgan fingerprint density at radius 3 is 2.24 bits per heavy atom. The van der Waals surface area contributed by atoms with Crippen molar-refractivity contribution in [2.75, 3.05) is 13.1 Å². The highest BCUT2D eigenvalue weighted by atomic mass is 16.2. The quantitative estimate of drug-likeness (QED) is 0.739. The minimum atomic E-state index is 0.117. The van der Waals surface area contributed by atoms with Gasteiger partial charge in [0.05, 0.1) is 0 Å². The van der Waals surface area contributed by atoms with Gasteiger partial charge in [0.1, 0.15) is 5.78 Å². The molecular formula is C14H23NO2. The number of ketones is 1. The van der Waals surface area contributed by atoms with E-state index in [1.165, 1.54) is 19.3 Å². The van der Waals surface area contributed by atoms with E-state index in [1.807, 2.05) is 4.90 Å². The molecule has 17 heavy (non-hydrogen) atoms. The minimum absolute atomic E-state index is 0.117. The number of carbonyl (C=O) groups excluding carboxylic acids is 2. The summed E-state index contributed by atoms with van der Waals surface area (Å²) in [7, 11) is 0. The van der Waals surface area contributed by atoms with Gasteiger partial charge in [-0.2, -0.15) is 0 Å². The van der Waals surface area contributed by atoms with Crippen LogP contribution in [0.3, 0.4) is 0 Å². The van der Waals surface area contributed by atoms with Crippen LogP contribution in [0.2, 0.25) is 0 Å². The van der Waals surface area contributed by atoms with Gasteiger partial charge in [0.2, 0.25) is 5.91 Å². The van der Waals surface area contributed by atoms with Crippen molar-refractivity contribution in [2.24, 2.45) is 11.8 Å². The van der Waals surface area contributed by atoms with Gasteiger partial charge in [0.25, 0.3) is 0 Å². The number of piperidine rings is 1. The molecule has 1 aliphatic heterocycles. The normalized spacial score (nSPS) is 26.9. The summed E-state index contributed by atoms with van der Waals surface area (Å²) < 4.78 is 0. The van der Waals surface area contributed by atoms with Crippen LogP contribution in [0.25, 0.3) is 0 Å². The zero-order chi connectivity index (χ0) is 12.3. The van der Waals surface area contributed by atoms with E-state index in [0.29, 0.717) is 18.2 Å². The zero-order valence-corrected chi connectivity index (χ0v) is 10.8. The van der Waals surface area contributed by atoms with Crippen LogP contribution >= 0.6 is 0 Å². The second-order valence-corrected chi connectivity index (χ2v) is 5.54. The Morgan fingerprint density at radius 1 is 0.941 bits per heavy atom. The summed E-state index contributed by atoms with van der Waals surface area (Å²) in [5, 5.41) is 0. The van der Waals surface area contributed by atoms with Crippen LogP contribution in [-0.2, 0) is 9.59 Å². The van der Waals surface area contributed by atoms with Gasteiger partial charge >= 0.3 is 0 Å². The molecule has 0 spiro atoms. The Kier molecular flexibility index (Phi) is 4.19. The summed E-state index contributed by atoms with van der Waals surface area (Å²) in [6.45, 7) is 3.11. The first-order chi connectivity index (χ1) is 8.18. The maximum atomic E-state index is 12.4. The van der Waals surface area contributed by atoms with Gasteiger partial charge in [-0.25, -0.2) is 0 Å². The van der Waals surface area contributed by atoms with Gasteiger partial charge in [-0.3, -0.25) is 9.59 Å². The first kappa shape index (κ1) is 12.6. The number of carbonyl (C=O) groups is 2. The van der Waals surface area contributed by atoms with E-state index < -0.39 is 0 Å². The lowest BCUT2D eigenvalue weighted by Crippen LogP contribution is -2.43. The standard InChI is InChI=1S/C14H23NO2/c1-11(16)15-9-5-8-13(10-15)14(17)12-6-3-2-4-7-12/h12-13H,2-10H2,1H3. The number of amides is 1. The molecule has 0 aromatic rings. The minimum Gasteiger partial charge on any atom is -0.342 e. The van der Waals surface area contributed by atoms with Crippen molar-refractivity contribution < 1.29 is 9.59 Å². The maximum Gasteiger partial charge on any atom is 0.219 e. The number of Topliss-reactive ketones (excluding diaryl/α,β-unsaturated/α-hetero) is 1. The topological polar surface area (TPSA) is 37.4 Å². The van der Waals surface area contributed by atoms with Crippen molar-refractivity contribution in [3.8, 4) is 0 Å². The third kappa shape index (κ3) is 3.08. The first-order valence-electron chi connectivity index (χ1n) is 6.97. The summed E-state index contributed by atoms with van der Waals surface area (Å²) in [5.41, 5.74) is 0. The number of nitrogens with zero attached hydrogens (tertiary/aromatic N) is 1. The van der Waals surface area contributed by atoms with Gasteiger partial charge in [-0.05, 0) is 25.7 Å². The van der Waals surface area contributed by atoms with Crippen molar-refractivity contribution in [1.82, 2.24) is 4.90 Å². The second-order valence-electron chi connectivity index (χ2n) is 5.54. The van der Waals surface area contributed by atoms with Crippen LogP contribution in [0.1, 0.15) is 51.9 Å². The Balaban J connectivity index is 1.91. The van der Waals surface area contributed by atoms with Crippen LogP contribution in [0.5, 0.6) is 0 Å². The van der Waals surface area contributed by atoms with Crippen molar-refractivity contribution >= 4 is 11.7 Å². The molecule has 0 aromatic carbocycles. The molecule has 1 amide bonds. The lowest BCUT2D eigenvalue weighted by Gasteiger charge is -2.33. The van der Waals surface area contributed by atoms with Gasteiger partial charge in [-0.1, -0.05) is 19.3 Å². The molecule has 0 radical (unpaired) electrons. The average molecular weight is 237 g/mol. The van der Waals surface area contributed by atoms with E-state index in [-0.39, 0.29) is 11.8 Å². The summed E-state index contributed by atoms with van der Waals surface area (Å²) >= 11 is 0. The predicted molar refractivity (Wildman–Crippen MR) is 66.6 cm³/mol. The first-order valence-corrected chi connectivity index (χ1v) is 6.97. The van der Waals surface area contributed by atoms with E-state index in [1.54, 1.807) is 6.92 Å². The maximum absolute atomic E-state index is 12.4. The van der Waals surface area contributed by atoms with Crippen LogP contribution < -0.4 is 0 Å². The molecule has 2 rings (SSSR count). The highest BCUT2D eigenvalue weighted by Crippen LogP contribution is 2.29. The van der Waals surface area contributed by atoms with Crippen LogP contribution in [0.4, 0.5) is 0 Å². The van der Waals surface area contributed by atoms with Gasteiger partial charge in [-0.15, -0.1) is 0 Å². The van der Waals surface area contributed by atoms with Crippen LogP contribution in [-0.4, -0.2) is 29.7 Å². The summed E-state index contributed by atoms with van der Waals surface area (Å²) in [6.07, 6.45) is 7.83. The summed E-state index contributed by atoms with van der Waals surface area (Å²) in [6, 6.07) is 0. The molecule has 3 nitrogen and oxygen atoms in total. The van der Waals surface area contributed by atoms with E-state index >= 15 is 0 Å². The number of hydrogen-bond acceptors (Lipinski definition) is 2. The Labute approximate surface area is 104 Å². The third-order valence-electron chi connectivity index (χ3n) is 4.28. The molecule has 2 aliphatic rings. The number of hydrogen-bond donors (Lipinski definition) is 0. The van der Waals surface area contributed by atoms with E-state index in [9.17, 15) is 9.59 Å². The molecule has 1 saturated heterocycles. The van der Waals surface area contributed by atoms with Gasteiger partial charge < -0.3 is 4.90 Å². The lowest BCUT2D eigenvalue weighted by atomic mass is 9.79. The molecule has 1 unspecified atom stereocenters. The third-order valence-corrected chi connectivity index (χ3v) is 4.28. The van der Waals surface area contributed by atoms with E-state index in [0.717, 1.165) is 32.2 Å². The fourth-order valence-electron chi connectivity index (χ4n) is 3.22. The summed E-state index contributed by atoms with van der Waals surface area (Å²) in [4.78, 5) is 25.6. The van der Waals surface area contributed by atoms with Crippen LogP contribution in [0.15, 0.2) is 0 Å². The Bertz CT molecular complexity index is 295. The highest BCUT2D eigenvalue weighted by molar-refractivity contribution is 5.84. The van der Waals surface area contributed by atoms with Crippen LogP contribution in [0, 0.1) is 11.8 Å². The van der Waals surface area contributed by atoms with E-state index in [2.05, 4.69) is 0 Å². The Morgan fingerprint density at radius 2 is 1.59 bits per heavy atom. The van der Waals surface area contributed by atoms with Crippen molar-refractivity contribution in [2.45, 2.75) is 51.9 Å². The largest absolute Gasteiger partial charge is 0.342 e. The summed E-state index contributed by atoms with van der Waals surface area (Å²) in [5.74, 6) is 0.971. The highest BCUT2D eigenvalue weighted by Gasteiger charge is 2.31. The predicted octanol–water partition coefficient (Wildman–Crippen LogP) is 2.39. The molecule has 1 saturated carbocycles. The fourth-order valence-corrected chi connectivity index (χ4v) is 3.22. The fraction of sp³-hybridized carbons (Fsp3) is 0.857. The zero-order valence-electron chi connectivity index (χ0n) is 10.8. The number of likely N-dealkylation sites (tertiary alicyclic amines) is 1. The molecule has 0 N–H and O–H groups in total. The van der Waals surface area contributed by atoms with Gasteiger partial charge in [0.15, 0.2) is 0 Å². The van der Waals surface area contributed by atoms with Crippen molar-refractivity contribution in [1.29, 1.82) is 0 Å². The van der Waals surface area contributed by atoms with Crippen molar-refractivity contribution in [3.05, 3.63) is 0 Å². The molecule has 1 aliphatic carbocycles.